The zero-order chi connectivity index (χ0) is 88.6. The quantitative estimate of drug-likeness (QED) is 0.0317. The zero-order valence-corrected chi connectivity index (χ0v) is 78.1. The van der Waals surface area contributed by atoms with E-state index in [0.29, 0.717) is 129 Å². The number of β-amino-alcohol motifs (C(OH)–C–C–N with tert-alkyl or cyclic N) is 1. The monoisotopic (exact) mass is 1730 g/mol. The molecule has 4 aromatic heterocycles. The first-order chi connectivity index (χ1) is 58.1. The van der Waals surface area contributed by atoms with Gasteiger partial charge in [0.05, 0.1) is 34.4 Å². The summed E-state index contributed by atoms with van der Waals surface area (Å²) >= 11 is 0. The van der Waals surface area contributed by atoms with E-state index in [4.69, 9.17) is 88.1 Å². The van der Waals surface area contributed by atoms with Crippen molar-refractivity contribution in [2.75, 3.05) is 90.1 Å². The molecule has 0 unspecified atom stereocenters. The van der Waals surface area contributed by atoms with Gasteiger partial charge in [-0.3, -0.25) is 9.13 Å². The van der Waals surface area contributed by atoms with Crippen molar-refractivity contribution in [3.63, 3.8) is 0 Å². The highest BCUT2D eigenvalue weighted by atomic mass is 28.4. The van der Waals surface area contributed by atoms with Gasteiger partial charge in [0.1, 0.15) is 78.2 Å². The van der Waals surface area contributed by atoms with Crippen molar-refractivity contribution in [2.45, 2.75) is 289 Å². The first-order valence-electron chi connectivity index (χ1n) is 44.0. The highest BCUT2D eigenvalue weighted by molar-refractivity contribution is 6.90. The van der Waals surface area contributed by atoms with Crippen LogP contribution in [-0.2, 0) is 23.4 Å². The minimum atomic E-state index is -2.27. The number of benzene rings is 4. The Balaban J connectivity index is 0.000000220. The first kappa shape index (κ1) is 91.4. The fourth-order valence-corrected chi connectivity index (χ4v) is 25.0. The number of nitrogens with zero attached hydrogens (tertiary/aromatic N) is 12. The predicted octanol–water partition coefficient (Wildman–Crippen LogP) is 20.1. The standard InChI is InChI=1S/C54H81FN6O7Si2.C39H47FN6O7/c1-35(2)70(36(3)4,37(5)6)29-25-42-43(55)24-23-38-30-41(65-34-63-14)31-44(45(38)42)66-50-57-47-46(61(50)39-20-17-21-39)48(59-27-19-26-54(13,33-59)68-69(15,16)53(10,11)12)58-49(56-47)64-32-40-22-18-28-60(40)51(62)67-52(7,8)9;1-7-28-29(40)15-14-24-19-27(51-23-49-6)20-30(31(24)28)52-36-42-33-32(46(36)25-11-8-12-25)34(44-17-10-16-39(5,48)22-44)43-35(41-33)50-21-26-13-9-18-45(26)37(47)53-38(2,3)4/h23-24,30-31,35-37,39-40H,17-22,26-28,32-34H2,1-16H3;1,14-15,19-20,25-26,48H,8-13,16-18,21-23H2,2-6H3/t40-,54+;26-,39+/m10/s1. The van der Waals surface area contributed by atoms with Gasteiger partial charge >= 0.3 is 36.2 Å². The molecule has 26 nitrogen and oxygen atoms in total. The Morgan fingerprint density at radius 2 is 1.01 bits per heavy atom. The molecular weight excluding hydrogens is 1600 g/mol. The number of ether oxygens (including phenoxy) is 10. The Kier molecular flexibility index (Phi) is 27.3. The number of fused-ring (bicyclic) bond motifs is 4. The number of anilines is 2. The molecule has 0 spiro atoms. The number of methoxy groups -OCH3 is 2. The summed E-state index contributed by atoms with van der Waals surface area (Å²) in [5, 5.41) is 13.5. The second-order valence-corrected chi connectivity index (χ2v) is 49.4. The number of aliphatic hydroxyl groups is 1. The largest absolute Gasteiger partial charge is 0.467 e. The maximum Gasteiger partial charge on any atom is 0.410 e. The molecule has 30 heteroatoms. The van der Waals surface area contributed by atoms with Crippen LogP contribution in [0.4, 0.5) is 30.0 Å². The van der Waals surface area contributed by atoms with Gasteiger partial charge in [0, 0.05) is 88.5 Å². The van der Waals surface area contributed by atoms with Crippen LogP contribution >= 0.6 is 0 Å². The van der Waals surface area contributed by atoms with Crippen molar-refractivity contribution in [1.29, 1.82) is 0 Å². The molecule has 2 amide bonds. The summed E-state index contributed by atoms with van der Waals surface area (Å²) in [6.07, 6.45) is 17.1. The number of carbonyl (C=O) groups excluding carboxylic acids is 2. The summed E-state index contributed by atoms with van der Waals surface area (Å²) in [7, 11) is -1.36. The van der Waals surface area contributed by atoms with Crippen molar-refractivity contribution in [3.05, 3.63) is 71.3 Å². The number of carbonyl (C=O) groups is 2. The summed E-state index contributed by atoms with van der Waals surface area (Å²) in [5.41, 5.74) is 4.69. The SMILES string of the molecule is C#Cc1c(F)ccc2cc(OCOC)cc(Oc3nc4nc(OC[C@@H]5CCCN5C(=O)OC(C)(C)C)nc(N5CCC[C@@](C)(O)C5)c4n3C3CCC3)c12.COCOc1cc(Oc2nc3nc(OC[C@H]4CCCN4C(=O)OC(C)(C)C)nc(N4CCC[C@](C)(O[Si](C)(C)C(C)(C)C)C4)c3n2C2CCC2)c2c(C#C[Si](C(C)C)(C(C)C)C(C)C)c(F)ccc2c1. The van der Waals surface area contributed by atoms with Crippen LogP contribution < -0.4 is 38.2 Å². The predicted molar refractivity (Wildman–Crippen MR) is 478 cm³/mol. The molecule has 123 heavy (non-hydrogen) atoms. The summed E-state index contributed by atoms with van der Waals surface area (Å²) < 4.78 is 103. The van der Waals surface area contributed by atoms with Gasteiger partial charge < -0.3 is 76.5 Å². The van der Waals surface area contributed by atoms with Crippen molar-refractivity contribution in [3.8, 4) is 70.8 Å². The molecule has 4 aliphatic heterocycles. The van der Waals surface area contributed by atoms with E-state index in [0.717, 1.165) is 95.5 Å². The van der Waals surface area contributed by atoms with Gasteiger partial charge in [0.25, 0.3) is 0 Å². The molecule has 14 rings (SSSR count). The van der Waals surface area contributed by atoms with Crippen molar-refractivity contribution >= 4 is 84.1 Å². The molecule has 4 aromatic carbocycles. The average molecular weight is 1730 g/mol. The van der Waals surface area contributed by atoms with Crippen LogP contribution in [0.15, 0.2) is 48.5 Å². The van der Waals surface area contributed by atoms with Crippen LogP contribution in [0, 0.1) is 35.4 Å². The van der Waals surface area contributed by atoms with Crippen LogP contribution in [0.3, 0.4) is 0 Å². The minimum Gasteiger partial charge on any atom is -0.467 e. The second kappa shape index (κ2) is 36.7. The van der Waals surface area contributed by atoms with E-state index < -0.39 is 50.4 Å². The topological polar surface area (TPSA) is 256 Å². The fourth-order valence-electron chi connectivity index (χ4n) is 18.1. The van der Waals surface area contributed by atoms with E-state index in [-0.39, 0.29) is 103 Å². The molecule has 8 heterocycles. The van der Waals surface area contributed by atoms with E-state index >= 15 is 8.78 Å². The van der Waals surface area contributed by atoms with Crippen molar-refractivity contribution in [1.82, 2.24) is 48.8 Å². The highest BCUT2D eigenvalue weighted by Crippen LogP contribution is 2.50. The van der Waals surface area contributed by atoms with Crippen molar-refractivity contribution in [2.24, 2.45) is 0 Å². The summed E-state index contributed by atoms with van der Waals surface area (Å²) in [6.45, 7) is 44.0. The molecular formula is C93H128F2N12O14Si2. The summed E-state index contributed by atoms with van der Waals surface area (Å²) in [4.78, 5) is 64.3. The lowest BCUT2D eigenvalue weighted by atomic mass is 9.92. The van der Waals surface area contributed by atoms with E-state index in [1.807, 2.05) is 64.0 Å². The highest BCUT2D eigenvalue weighted by Gasteiger charge is 2.47. The minimum absolute atomic E-state index is 0.00749. The third-order valence-electron chi connectivity index (χ3n) is 25.4. The lowest BCUT2D eigenvalue weighted by Crippen LogP contribution is -2.55. The van der Waals surface area contributed by atoms with Gasteiger partial charge in [-0.1, -0.05) is 86.3 Å². The fraction of sp³-hybridized carbons (Fsp3) is 0.613. The zero-order valence-electron chi connectivity index (χ0n) is 76.1. The Morgan fingerprint density at radius 1 is 0.569 bits per heavy atom. The molecule has 6 aliphatic rings. The lowest BCUT2D eigenvalue weighted by Gasteiger charge is -2.48. The number of imidazole rings is 2. The molecule has 6 fully saturated rings. The average Bonchev–Trinajstić information content (AvgIpc) is 1.60. The number of piperidine rings is 2. The molecule has 0 bridgehead atoms. The lowest BCUT2D eigenvalue weighted by molar-refractivity contribution is 0.0174. The number of hydrogen-bond donors (Lipinski definition) is 1. The van der Waals surface area contributed by atoms with Gasteiger partial charge in [-0.25, -0.2) is 18.4 Å². The van der Waals surface area contributed by atoms with Crippen LogP contribution in [0.2, 0.25) is 34.8 Å². The smallest absolute Gasteiger partial charge is 0.410 e. The van der Waals surface area contributed by atoms with Crippen molar-refractivity contribution < 1.29 is 75.3 Å². The molecule has 2 aliphatic carbocycles. The number of hydrogen-bond acceptors (Lipinski definition) is 22. The summed E-state index contributed by atoms with van der Waals surface area (Å²) in [6, 6.07) is 13.6. The van der Waals surface area contributed by atoms with E-state index in [1.165, 1.54) is 19.2 Å². The first-order valence-corrected chi connectivity index (χ1v) is 49.1. The Bertz CT molecular complexity index is 5260. The van der Waals surface area contributed by atoms with Gasteiger partial charge in [0.15, 0.2) is 44.8 Å². The second-order valence-electron chi connectivity index (χ2n) is 39.1. The summed E-state index contributed by atoms with van der Waals surface area (Å²) in [5.74, 6) is 7.76. The number of aromatic nitrogens is 8. The van der Waals surface area contributed by atoms with E-state index in [2.05, 4.69) is 109 Å². The number of rotatable bonds is 25. The normalized spacial score (nSPS) is 20.1. The van der Waals surface area contributed by atoms with E-state index in [9.17, 15) is 14.7 Å². The third kappa shape index (κ3) is 20.2. The van der Waals surface area contributed by atoms with Crippen LogP contribution in [0.1, 0.15) is 231 Å². The van der Waals surface area contributed by atoms with Gasteiger partial charge in [0.2, 0.25) is 0 Å². The van der Waals surface area contributed by atoms with Gasteiger partial charge in [-0.2, -0.15) is 29.9 Å². The third-order valence-corrected chi connectivity index (χ3v) is 36.3. The van der Waals surface area contributed by atoms with Crippen LogP contribution in [-0.4, -0.2) is 197 Å². The molecule has 4 atom stereocenters. The molecule has 0 radical (unpaired) electrons. The molecule has 1 N–H and O–H groups in total. The van der Waals surface area contributed by atoms with Gasteiger partial charge in [-0.15, -0.1) is 12.0 Å². The number of likely N-dealkylation sites (tertiary alicyclic amines) is 2. The number of halogens is 2. The molecule has 2 saturated carbocycles. The Labute approximate surface area is 725 Å². The maximum absolute atomic E-state index is 16.5. The Morgan fingerprint density at radius 3 is 1.41 bits per heavy atom. The number of terminal acetylenes is 1. The maximum atomic E-state index is 16.5. The van der Waals surface area contributed by atoms with Crippen LogP contribution in [0.5, 0.6) is 47.0 Å². The van der Waals surface area contributed by atoms with Crippen LogP contribution in [0.25, 0.3) is 43.9 Å². The van der Waals surface area contributed by atoms with E-state index in [1.54, 1.807) is 47.2 Å². The van der Waals surface area contributed by atoms with Gasteiger partial charge in [-0.05, 0) is 215 Å². The molecule has 666 valence electrons. The Hall–Kier alpha value is -9.31. The molecule has 4 saturated heterocycles. The number of amides is 2. The molecule has 8 aromatic rings.